The van der Waals surface area contributed by atoms with Gasteiger partial charge in [0.1, 0.15) is 5.69 Å². The third kappa shape index (κ3) is 3.93. The predicted octanol–water partition coefficient (Wildman–Crippen LogP) is 3.43. The molecule has 3 aromatic rings. The molecule has 0 aliphatic carbocycles. The summed E-state index contributed by atoms with van der Waals surface area (Å²) in [4.78, 5) is 2.33. The summed E-state index contributed by atoms with van der Waals surface area (Å²) in [6, 6.07) is 18.6. The van der Waals surface area contributed by atoms with Gasteiger partial charge in [0, 0.05) is 43.5 Å². The summed E-state index contributed by atoms with van der Waals surface area (Å²) in [5.74, 6) is 0. The third-order valence-corrected chi connectivity index (χ3v) is 4.99. The SMILES string of the molecule is Cc1ccccc1-n1cc(/C=N\N2CCN(C)CC2)c(-c2ccccc2)n1. The van der Waals surface area contributed by atoms with Crippen molar-refractivity contribution in [1.29, 1.82) is 0 Å². The van der Waals surface area contributed by atoms with Gasteiger partial charge in [-0.15, -0.1) is 0 Å². The smallest absolute Gasteiger partial charge is 0.102 e. The summed E-state index contributed by atoms with van der Waals surface area (Å²) in [6.45, 7) is 6.12. The minimum atomic E-state index is 0.955. The van der Waals surface area contributed by atoms with E-state index in [1.54, 1.807) is 0 Å². The summed E-state index contributed by atoms with van der Waals surface area (Å²) >= 11 is 0. The van der Waals surface area contributed by atoms with E-state index in [-0.39, 0.29) is 0 Å². The van der Waals surface area contributed by atoms with Gasteiger partial charge in [-0.3, -0.25) is 5.01 Å². The first-order valence-electron chi connectivity index (χ1n) is 9.39. The van der Waals surface area contributed by atoms with Crippen molar-refractivity contribution in [3.8, 4) is 16.9 Å². The van der Waals surface area contributed by atoms with Crippen molar-refractivity contribution in [2.45, 2.75) is 6.92 Å². The molecule has 1 saturated heterocycles. The molecular formula is C22H25N5. The number of aromatic nitrogens is 2. The maximum atomic E-state index is 4.89. The van der Waals surface area contributed by atoms with Crippen LogP contribution in [0.15, 0.2) is 65.9 Å². The van der Waals surface area contributed by atoms with Crippen LogP contribution in [0.25, 0.3) is 16.9 Å². The molecule has 0 spiro atoms. The van der Waals surface area contributed by atoms with Crippen LogP contribution < -0.4 is 0 Å². The average molecular weight is 359 g/mol. The molecule has 0 unspecified atom stereocenters. The molecule has 1 aromatic heterocycles. The number of piperazine rings is 1. The fourth-order valence-electron chi connectivity index (χ4n) is 3.30. The lowest BCUT2D eigenvalue weighted by Gasteiger charge is -2.30. The third-order valence-electron chi connectivity index (χ3n) is 4.99. The number of benzene rings is 2. The summed E-state index contributed by atoms with van der Waals surface area (Å²) in [5, 5.41) is 11.8. The molecule has 2 heterocycles. The van der Waals surface area contributed by atoms with Crippen molar-refractivity contribution in [3.05, 3.63) is 71.9 Å². The number of nitrogens with zero attached hydrogens (tertiary/aromatic N) is 5. The molecule has 0 amide bonds. The van der Waals surface area contributed by atoms with Gasteiger partial charge in [-0.2, -0.15) is 10.2 Å². The second-order valence-corrected chi connectivity index (χ2v) is 7.03. The zero-order valence-electron chi connectivity index (χ0n) is 15.9. The van der Waals surface area contributed by atoms with E-state index in [2.05, 4.69) is 60.4 Å². The van der Waals surface area contributed by atoms with Crippen molar-refractivity contribution >= 4 is 6.21 Å². The normalized spacial score (nSPS) is 15.6. The summed E-state index contributed by atoms with van der Waals surface area (Å²) in [6.07, 6.45) is 4.03. The van der Waals surface area contributed by atoms with Crippen molar-refractivity contribution in [2.75, 3.05) is 33.2 Å². The molecule has 0 atom stereocenters. The Morgan fingerprint density at radius 2 is 1.63 bits per heavy atom. The van der Waals surface area contributed by atoms with E-state index in [1.165, 1.54) is 5.56 Å². The molecule has 1 aliphatic heterocycles. The quantitative estimate of drug-likeness (QED) is 0.670. The number of rotatable bonds is 4. The van der Waals surface area contributed by atoms with Gasteiger partial charge in [-0.25, -0.2) is 4.68 Å². The lowest BCUT2D eigenvalue weighted by molar-refractivity contribution is 0.159. The maximum absolute atomic E-state index is 4.89. The largest absolute Gasteiger partial charge is 0.303 e. The Morgan fingerprint density at radius 3 is 2.37 bits per heavy atom. The predicted molar refractivity (Wildman–Crippen MR) is 110 cm³/mol. The van der Waals surface area contributed by atoms with E-state index in [9.17, 15) is 0 Å². The number of hydrogen-bond donors (Lipinski definition) is 0. The van der Waals surface area contributed by atoms with Crippen molar-refractivity contribution in [2.24, 2.45) is 5.10 Å². The lowest BCUT2D eigenvalue weighted by Crippen LogP contribution is -2.41. The van der Waals surface area contributed by atoms with Crippen LogP contribution in [0, 0.1) is 6.92 Å². The lowest BCUT2D eigenvalue weighted by atomic mass is 10.1. The van der Waals surface area contributed by atoms with Gasteiger partial charge in [-0.1, -0.05) is 48.5 Å². The molecule has 0 radical (unpaired) electrons. The minimum Gasteiger partial charge on any atom is -0.303 e. The Morgan fingerprint density at radius 1 is 0.926 bits per heavy atom. The zero-order valence-corrected chi connectivity index (χ0v) is 15.9. The van der Waals surface area contributed by atoms with Gasteiger partial charge in [0.15, 0.2) is 0 Å². The van der Waals surface area contributed by atoms with Crippen LogP contribution in [0.2, 0.25) is 0 Å². The molecule has 1 fully saturated rings. The van der Waals surface area contributed by atoms with E-state index in [0.717, 1.165) is 48.7 Å². The second-order valence-electron chi connectivity index (χ2n) is 7.03. The Bertz CT molecular complexity index is 921. The highest BCUT2D eigenvalue weighted by molar-refractivity contribution is 5.88. The van der Waals surface area contributed by atoms with E-state index in [0.29, 0.717) is 0 Å². The van der Waals surface area contributed by atoms with Gasteiger partial charge in [-0.05, 0) is 25.6 Å². The van der Waals surface area contributed by atoms with Crippen LogP contribution in [0.5, 0.6) is 0 Å². The van der Waals surface area contributed by atoms with Gasteiger partial charge in [0.25, 0.3) is 0 Å². The molecule has 1 aliphatic rings. The molecule has 0 bridgehead atoms. The van der Waals surface area contributed by atoms with Crippen molar-refractivity contribution in [3.63, 3.8) is 0 Å². The molecule has 2 aromatic carbocycles. The molecule has 0 saturated carbocycles. The number of likely N-dealkylation sites (N-methyl/N-ethyl adjacent to an activating group) is 1. The van der Waals surface area contributed by atoms with Crippen LogP contribution in [-0.4, -0.2) is 59.1 Å². The molecule has 4 rings (SSSR count). The standard InChI is InChI=1S/C22H25N5/c1-18-8-6-7-11-21(18)27-17-20(16-23-26-14-12-25(2)13-15-26)22(24-27)19-9-4-3-5-10-19/h3-11,16-17H,12-15H2,1-2H3/b23-16-. The second kappa shape index (κ2) is 7.76. The van der Waals surface area contributed by atoms with Gasteiger partial charge in [0.05, 0.1) is 11.9 Å². The van der Waals surface area contributed by atoms with Crippen LogP contribution in [0.3, 0.4) is 0 Å². The highest BCUT2D eigenvalue weighted by Gasteiger charge is 2.14. The number of hydrogen-bond acceptors (Lipinski definition) is 4. The van der Waals surface area contributed by atoms with Crippen LogP contribution >= 0.6 is 0 Å². The number of aryl methyl sites for hydroxylation is 1. The first-order valence-corrected chi connectivity index (χ1v) is 9.39. The summed E-state index contributed by atoms with van der Waals surface area (Å²) in [7, 11) is 2.15. The fraction of sp³-hybridized carbons (Fsp3) is 0.273. The Balaban J connectivity index is 1.70. The average Bonchev–Trinajstić information content (AvgIpc) is 3.12. The monoisotopic (exact) mass is 359 g/mol. The van der Waals surface area contributed by atoms with Crippen LogP contribution in [0.1, 0.15) is 11.1 Å². The van der Waals surface area contributed by atoms with Crippen LogP contribution in [0.4, 0.5) is 0 Å². The Hall–Kier alpha value is -2.92. The highest BCUT2D eigenvalue weighted by atomic mass is 15.5. The molecule has 0 N–H and O–H groups in total. The fourth-order valence-corrected chi connectivity index (χ4v) is 3.30. The van der Waals surface area contributed by atoms with E-state index >= 15 is 0 Å². The first-order chi connectivity index (χ1) is 13.2. The van der Waals surface area contributed by atoms with Gasteiger partial charge >= 0.3 is 0 Å². The molecule has 138 valence electrons. The minimum absolute atomic E-state index is 0.955. The van der Waals surface area contributed by atoms with Gasteiger partial charge in [0.2, 0.25) is 0 Å². The molecule has 5 heteroatoms. The molecule has 5 nitrogen and oxygen atoms in total. The molecular weight excluding hydrogens is 334 g/mol. The van der Waals surface area contributed by atoms with Crippen molar-refractivity contribution < 1.29 is 0 Å². The van der Waals surface area contributed by atoms with Crippen LogP contribution in [-0.2, 0) is 0 Å². The van der Waals surface area contributed by atoms with Gasteiger partial charge < -0.3 is 4.90 Å². The highest BCUT2D eigenvalue weighted by Crippen LogP contribution is 2.23. The van der Waals surface area contributed by atoms with E-state index in [4.69, 9.17) is 10.2 Å². The van der Waals surface area contributed by atoms with E-state index < -0.39 is 0 Å². The Kier molecular flexibility index (Phi) is 5.03. The number of hydrazone groups is 1. The summed E-state index contributed by atoms with van der Waals surface area (Å²) in [5.41, 5.74) is 5.38. The topological polar surface area (TPSA) is 36.7 Å². The van der Waals surface area contributed by atoms with Crippen molar-refractivity contribution in [1.82, 2.24) is 19.7 Å². The Labute approximate surface area is 160 Å². The summed E-state index contributed by atoms with van der Waals surface area (Å²) < 4.78 is 1.96. The maximum Gasteiger partial charge on any atom is 0.102 e. The first kappa shape index (κ1) is 17.5. The van der Waals surface area contributed by atoms with E-state index in [1.807, 2.05) is 35.2 Å². The number of para-hydroxylation sites is 1. The zero-order chi connectivity index (χ0) is 18.6. The molecule has 27 heavy (non-hydrogen) atoms.